The lowest BCUT2D eigenvalue weighted by molar-refractivity contribution is -0.121. The summed E-state index contributed by atoms with van der Waals surface area (Å²) in [6.07, 6.45) is 2.95. The highest BCUT2D eigenvalue weighted by Crippen LogP contribution is 2.08. The van der Waals surface area contributed by atoms with Crippen molar-refractivity contribution in [3.63, 3.8) is 0 Å². The summed E-state index contributed by atoms with van der Waals surface area (Å²) in [5, 5.41) is 3.24. The van der Waals surface area contributed by atoms with E-state index in [1.54, 1.807) is 6.92 Å². The Kier molecular flexibility index (Phi) is 3.52. The van der Waals surface area contributed by atoms with Crippen LogP contribution in [0.25, 0.3) is 0 Å². The minimum absolute atomic E-state index is 0.238. The van der Waals surface area contributed by atoms with E-state index < -0.39 is 0 Å². The van der Waals surface area contributed by atoms with Gasteiger partial charge in [0.2, 0.25) is 0 Å². The molecule has 0 aromatic carbocycles. The molecule has 1 heterocycles. The van der Waals surface area contributed by atoms with Crippen molar-refractivity contribution in [2.24, 2.45) is 0 Å². The van der Waals surface area contributed by atoms with Crippen molar-refractivity contribution in [2.45, 2.75) is 32.0 Å². The summed E-state index contributed by atoms with van der Waals surface area (Å²) in [7, 11) is 0. The highest BCUT2D eigenvalue weighted by atomic mass is 16.5. The molecule has 64 valence electrons. The monoisotopic (exact) mass is 157 g/mol. The first-order chi connectivity index (χ1) is 5.33. The lowest BCUT2D eigenvalue weighted by Gasteiger charge is -2.24. The van der Waals surface area contributed by atoms with Gasteiger partial charge >= 0.3 is 0 Å². The number of piperidine rings is 1. The second-order valence-electron chi connectivity index (χ2n) is 2.93. The summed E-state index contributed by atoms with van der Waals surface area (Å²) in [5.41, 5.74) is 0. The van der Waals surface area contributed by atoms with Gasteiger partial charge in [0, 0.05) is 0 Å². The van der Waals surface area contributed by atoms with Crippen LogP contribution >= 0.6 is 0 Å². The summed E-state index contributed by atoms with van der Waals surface area (Å²) in [4.78, 5) is 10.2. The molecule has 1 atom stereocenters. The molecular weight excluding hydrogens is 142 g/mol. The van der Waals surface area contributed by atoms with Crippen molar-refractivity contribution in [1.29, 1.82) is 0 Å². The first-order valence-electron chi connectivity index (χ1n) is 4.14. The van der Waals surface area contributed by atoms with Gasteiger partial charge in [-0.3, -0.25) is 0 Å². The Hall–Kier alpha value is -0.410. The zero-order valence-electron chi connectivity index (χ0n) is 6.88. The Balaban J connectivity index is 2.18. The van der Waals surface area contributed by atoms with Crippen molar-refractivity contribution < 1.29 is 9.53 Å². The van der Waals surface area contributed by atoms with E-state index in [4.69, 9.17) is 4.74 Å². The molecule has 1 N–H and O–H groups in total. The summed E-state index contributed by atoms with van der Waals surface area (Å²) in [5.74, 6) is 0. The largest absolute Gasteiger partial charge is 0.368 e. The van der Waals surface area contributed by atoms with E-state index in [9.17, 15) is 4.79 Å². The first-order valence-corrected chi connectivity index (χ1v) is 4.14. The second-order valence-corrected chi connectivity index (χ2v) is 2.93. The van der Waals surface area contributed by atoms with E-state index in [-0.39, 0.29) is 12.2 Å². The van der Waals surface area contributed by atoms with E-state index in [2.05, 4.69) is 5.32 Å². The van der Waals surface area contributed by atoms with E-state index in [1.807, 2.05) is 0 Å². The molecule has 3 nitrogen and oxygen atoms in total. The molecule has 1 saturated heterocycles. The number of carbonyl (C=O) groups is 1. The normalized spacial score (nSPS) is 23.0. The lowest BCUT2D eigenvalue weighted by atomic mass is 10.1. The Labute approximate surface area is 67.1 Å². The maximum atomic E-state index is 10.2. The fourth-order valence-electron chi connectivity index (χ4n) is 1.27. The highest BCUT2D eigenvalue weighted by Gasteiger charge is 2.15. The number of ether oxygens (including phenoxy) is 1. The molecule has 3 heteroatoms. The molecule has 1 aliphatic rings. The summed E-state index contributed by atoms with van der Waals surface area (Å²) >= 11 is 0. The van der Waals surface area contributed by atoms with Crippen molar-refractivity contribution in [3.05, 3.63) is 0 Å². The van der Waals surface area contributed by atoms with Crippen LogP contribution in [-0.2, 0) is 9.53 Å². The van der Waals surface area contributed by atoms with E-state index in [0.717, 1.165) is 32.2 Å². The third kappa shape index (κ3) is 2.99. The molecule has 0 unspecified atom stereocenters. The van der Waals surface area contributed by atoms with Crippen LogP contribution in [0.15, 0.2) is 0 Å². The molecule has 0 aromatic rings. The molecule has 0 aromatic heterocycles. The smallest absolute Gasteiger partial charge is 0.148 e. The molecule has 1 rings (SSSR count). The predicted octanol–water partition coefficient (Wildman–Crippen LogP) is 0.342. The third-order valence-corrected chi connectivity index (χ3v) is 1.88. The van der Waals surface area contributed by atoms with Crippen LogP contribution in [0.4, 0.5) is 0 Å². The molecule has 0 saturated carbocycles. The fourth-order valence-corrected chi connectivity index (χ4v) is 1.27. The lowest BCUT2D eigenvalue weighted by Crippen LogP contribution is -2.34. The van der Waals surface area contributed by atoms with Gasteiger partial charge in [-0.1, -0.05) is 0 Å². The quantitative estimate of drug-likeness (QED) is 0.600. The Morgan fingerprint density at radius 3 is 2.73 bits per heavy atom. The van der Waals surface area contributed by atoms with Gasteiger partial charge in [0.05, 0.1) is 6.10 Å². The Morgan fingerprint density at radius 2 is 2.18 bits per heavy atom. The topological polar surface area (TPSA) is 38.3 Å². The van der Waals surface area contributed by atoms with Gasteiger partial charge in [-0.25, -0.2) is 0 Å². The van der Waals surface area contributed by atoms with Gasteiger partial charge < -0.3 is 14.8 Å². The molecule has 0 spiro atoms. The Bertz CT molecular complexity index is 121. The molecule has 0 bridgehead atoms. The number of nitrogens with one attached hydrogen (secondary N) is 1. The zero-order chi connectivity index (χ0) is 8.10. The van der Waals surface area contributed by atoms with Crippen LogP contribution in [-0.4, -0.2) is 31.6 Å². The molecule has 0 aliphatic carbocycles. The van der Waals surface area contributed by atoms with E-state index in [0.29, 0.717) is 0 Å². The van der Waals surface area contributed by atoms with Gasteiger partial charge in [-0.15, -0.1) is 0 Å². The number of aldehydes is 1. The van der Waals surface area contributed by atoms with Crippen LogP contribution in [0, 0.1) is 0 Å². The van der Waals surface area contributed by atoms with Crippen LogP contribution in [0.5, 0.6) is 0 Å². The van der Waals surface area contributed by atoms with Crippen molar-refractivity contribution in [3.8, 4) is 0 Å². The molecular formula is C8H15NO2. The van der Waals surface area contributed by atoms with Crippen LogP contribution in [0.2, 0.25) is 0 Å². The maximum absolute atomic E-state index is 10.2. The Morgan fingerprint density at radius 1 is 1.55 bits per heavy atom. The third-order valence-electron chi connectivity index (χ3n) is 1.88. The van der Waals surface area contributed by atoms with Gasteiger partial charge in [0.25, 0.3) is 0 Å². The van der Waals surface area contributed by atoms with Crippen molar-refractivity contribution >= 4 is 6.29 Å². The van der Waals surface area contributed by atoms with Gasteiger partial charge in [0.1, 0.15) is 12.4 Å². The van der Waals surface area contributed by atoms with Crippen molar-refractivity contribution in [2.75, 3.05) is 13.1 Å². The van der Waals surface area contributed by atoms with E-state index >= 15 is 0 Å². The number of rotatable bonds is 3. The summed E-state index contributed by atoms with van der Waals surface area (Å²) < 4.78 is 5.43. The number of hydrogen-bond acceptors (Lipinski definition) is 3. The second kappa shape index (κ2) is 4.46. The minimum atomic E-state index is -0.238. The molecule has 0 radical (unpaired) electrons. The fraction of sp³-hybridized carbons (Fsp3) is 0.875. The van der Waals surface area contributed by atoms with Gasteiger partial charge in [-0.2, -0.15) is 0 Å². The van der Waals surface area contributed by atoms with Gasteiger partial charge in [-0.05, 0) is 32.9 Å². The molecule has 1 aliphatic heterocycles. The first kappa shape index (κ1) is 8.68. The maximum Gasteiger partial charge on any atom is 0.148 e. The molecule has 1 fully saturated rings. The number of hydrogen-bond donors (Lipinski definition) is 1. The van der Waals surface area contributed by atoms with Crippen LogP contribution < -0.4 is 5.32 Å². The predicted molar refractivity (Wildman–Crippen MR) is 42.5 cm³/mol. The SMILES string of the molecule is C[C@H](C=O)OC1CCNCC1. The van der Waals surface area contributed by atoms with Crippen molar-refractivity contribution in [1.82, 2.24) is 5.32 Å². The summed E-state index contributed by atoms with van der Waals surface area (Å²) in [6.45, 7) is 3.81. The van der Waals surface area contributed by atoms with Crippen LogP contribution in [0.1, 0.15) is 19.8 Å². The molecule has 11 heavy (non-hydrogen) atoms. The molecule has 0 amide bonds. The summed E-state index contributed by atoms with van der Waals surface area (Å²) in [6, 6.07) is 0. The highest BCUT2D eigenvalue weighted by molar-refractivity contribution is 5.55. The van der Waals surface area contributed by atoms with Gasteiger partial charge in [0.15, 0.2) is 0 Å². The van der Waals surface area contributed by atoms with Crippen LogP contribution in [0.3, 0.4) is 0 Å². The average Bonchev–Trinajstić information content (AvgIpc) is 2.06. The van der Waals surface area contributed by atoms with E-state index in [1.165, 1.54) is 0 Å². The zero-order valence-corrected chi connectivity index (χ0v) is 6.88. The minimum Gasteiger partial charge on any atom is -0.368 e. The average molecular weight is 157 g/mol. The number of carbonyl (C=O) groups excluding carboxylic acids is 1. The standard InChI is InChI=1S/C8H15NO2/c1-7(6-10)11-8-2-4-9-5-3-8/h6-9H,2-5H2,1H3/t7-/m1/s1.